The molecule has 0 amide bonds. The Bertz CT molecular complexity index is 212. The van der Waals surface area contributed by atoms with E-state index in [2.05, 4.69) is 11.8 Å². The van der Waals surface area contributed by atoms with Crippen molar-refractivity contribution in [2.24, 2.45) is 11.3 Å². The van der Waals surface area contributed by atoms with Crippen LogP contribution < -0.4 is 0 Å². The molecule has 1 saturated heterocycles. The van der Waals surface area contributed by atoms with Gasteiger partial charge in [0, 0.05) is 19.1 Å². The average Bonchev–Trinajstić information content (AvgIpc) is 2.67. The monoisotopic (exact) mass is 181 g/mol. The van der Waals surface area contributed by atoms with Crippen molar-refractivity contribution >= 4 is 0 Å². The van der Waals surface area contributed by atoms with Crippen LogP contribution in [0.4, 0.5) is 0 Å². The first-order chi connectivity index (χ1) is 6.28. The van der Waals surface area contributed by atoms with Gasteiger partial charge in [0.25, 0.3) is 0 Å². The van der Waals surface area contributed by atoms with E-state index in [0.717, 1.165) is 30.6 Å². The van der Waals surface area contributed by atoms with E-state index in [-0.39, 0.29) is 0 Å². The van der Waals surface area contributed by atoms with Gasteiger partial charge in [-0.3, -0.25) is 4.90 Å². The number of hydrogen-bond donors (Lipinski definition) is 0. The SMILES string of the molecule is CC12CC(N3CCOCC3)CC1C2. The van der Waals surface area contributed by atoms with Crippen LogP contribution >= 0.6 is 0 Å². The van der Waals surface area contributed by atoms with E-state index in [9.17, 15) is 0 Å². The number of hydrogen-bond acceptors (Lipinski definition) is 2. The van der Waals surface area contributed by atoms with Crippen LogP contribution in [0.25, 0.3) is 0 Å². The van der Waals surface area contributed by atoms with Crippen LogP contribution in [0.3, 0.4) is 0 Å². The zero-order valence-electron chi connectivity index (χ0n) is 8.46. The molecular formula is C11H19NO. The van der Waals surface area contributed by atoms with Gasteiger partial charge in [0.1, 0.15) is 0 Å². The highest BCUT2D eigenvalue weighted by atomic mass is 16.5. The Balaban J connectivity index is 1.61. The van der Waals surface area contributed by atoms with E-state index in [4.69, 9.17) is 4.74 Å². The molecule has 1 aliphatic heterocycles. The fourth-order valence-electron chi connectivity index (χ4n) is 3.29. The lowest BCUT2D eigenvalue weighted by molar-refractivity contribution is 0.0143. The standard InChI is InChI=1S/C11H19NO/c1-11-7-9(11)6-10(8-11)12-2-4-13-5-3-12/h9-10H,2-8H2,1H3. The molecule has 3 rings (SSSR count). The quantitative estimate of drug-likeness (QED) is 0.608. The van der Waals surface area contributed by atoms with E-state index in [1.807, 2.05) is 0 Å². The minimum Gasteiger partial charge on any atom is -0.379 e. The lowest BCUT2D eigenvalue weighted by Gasteiger charge is -2.33. The third-order valence-electron chi connectivity index (χ3n) is 4.36. The van der Waals surface area contributed by atoms with Crippen molar-refractivity contribution in [3.05, 3.63) is 0 Å². The molecule has 3 unspecified atom stereocenters. The zero-order valence-corrected chi connectivity index (χ0v) is 8.46. The van der Waals surface area contributed by atoms with Crippen molar-refractivity contribution in [3.63, 3.8) is 0 Å². The third kappa shape index (κ3) is 1.31. The van der Waals surface area contributed by atoms with Gasteiger partial charge in [0.2, 0.25) is 0 Å². The predicted molar refractivity (Wildman–Crippen MR) is 51.6 cm³/mol. The topological polar surface area (TPSA) is 12.5 Å². The lowest BCUT2D eigenvalue weighted by atomic mass is 10.0. The predicted octanol–water partition coefficient (Wildman–Crippen LogP) is 1.51. The molecule has 0 spiro atoms. The van der Waals surface area contributed by atoms with Crippen LogP contribution in [0.15, 0.2) is 0 Å². The minimum atomic E-state index is 0.753. The first-order valence-electron chi connectivity index (χ1n) is 5.60. The molecule has 2 nitrogen and oxygen atoms in total. The van der Waals surface area contributed by atoms with E-state index in [1.54, 1.807) is 0 Å². The van der Waals surface area contributed by atoms with Crippen LogP contribution in [0, 0.1) is 11.3 Å². The van der Waals surface area contributed by atoms with Gasteiger partial charge in [-0.2, -0.15) is 0 Å². The van der Waals surface area contributed by atoms with Crippen molar-refractivity contribution in [1.82, 2.24) is 4.90 Å². The fourth-order valence-corrected chi connectivity index (χ4v) is 3.29. The molecule has 1 heterocycles. The molecule has 2 heteroatoms. The van der Waals surface area contributed by atoms with Gasteiger partial charge < -0.3 is 4.74 Å². The van der Waals surface area contributed by atoms with Gasteiger partial charge in [-0.15, -0.1) is 0 Å². The molecule has 0 radical (unpaired) electrons. The summed E-state index contributed by atoms with van der Waals surface area (Å²) in [6, 6.07) is 0.896. The molecule has 2 aliphatic carbocycles. The highest BCUT2D eigenvalue weighted by molar-refractivity contribution is 5.08. The number of nitrogens with zero attached hydrogens (tertiary/aromatic N) is 1. The maximum absolute atomic E-state index is 5.38. The molecule has 0 bridgehead atoms. The first-order valence-corrected chi connectivity index (χ1v) is 5.60. The highest BCUT2D eigenvalue weighted by Crippen LogP contribution is 2.63. The summed E-state index contributed by atoms with van der Waals surface area (Å²) in [5.41, 5.74) is 0.753. The normalized spacial score (nSPS) is 50.5. The molecule has 74 valence electrons. The Morgan fingerprint density at radius 3 is 2.62 bits per heavy atom. The maximum Gasteiger partial charge on any atom is 0.0594 e. The summed E-state index contributed by atoms with van der Waals surface area (Å²) in [4.78, 5) is 2.65. The smallest absolute Gasteiger partial charge is 0.0594 e. The van der Waals surface area contributed by atoms with Crippen molar-refractivity contribution in [3.8, 4) is 0 Å². The maximum atomic E-state index is 5.38. The molecule has 0 aromatic carbocycles. The van der Waals surface area contributed by atoms with Gasteiger partial charge in [0.05, 0.1) is 13.2 Å². The van der Waals surface area contributed by atoms with Gasteiger partial charge in [0.15, 0.2) is 0 Å². The van der Waals surface area contributed by atoms with Crippen LogP contribution in [0.2, 0.25) is 0 Å². The Hall–Kier alpha value is -0.0800. The van der Waals surface area contributed by atoms with Gasteiger partial charge in [-0.1, -0.05) is 6.92 Å². The lowest BCUT2D eigenvalue weighted by Crippen LogP contribution is -2.43. The molecule has 0 N–H and O–H groups in total. The van der Waals surface area contributed by atoms with Gasteiger partial charge in [-0.05, 0) is 30.6 Å². The van der Waals surface area contributed by atoms with E-state index < -0.39 is 0 Å². The average molecular weight is 181 g/mol. The summed E-state index contributed by atoms with van der Waals surface area (Å²) in [6.45, 7) is 6.73. The summed E-state index contributed by atoms with van der Waals surface area (Å²) in [7, 11) is 0. The third-order valence-corrected chi connectivity index (χ3v) is 4.36. The molecule has 0 aromatic rings. The second-order valence-corrected chi connectivity index (χ2v) is 5.30. The summed E-state index contributed by atoms with van der Waals surface area (Å²) in [5.74, 6) is 1.07. The molecule has 0 aromatic heterocycles. The van der Waals surface area contributed by atoms with Crippen molar-refractivity contribution < 1.29 is 4.74 Å². The molecule has 13 heavy (non-hydrogen) atoms. The van der Waals surface area contributed by atoms with Crippen molar-refractivity contribution in [1.29, 1.82) is 0 Å². The van der Waals surface area contributed by atoms with Crippen molar-refractivity contribution in [2.45, 2.75) is 32.2 Å². The highest BCUT2D eigenvalue weighted by Gasteiger charge is 2.57. The fraction of sp³-hybridized carbons (Fsp3) is 1.00. The Morgan fingerprint density at radius 1 is 1.23 bits per heavy atom. The zero-order chi connectivity index (χ0) is 8.89. The van der Waals surface area contributed by atoms with E-state index in [0.29, 0.717) is 0 Å². The van der Waals surface area contributed by atoms with Crippen LogP contribution in [-0.4, -0.2) is 37.2 Å². The summed E-state index contributed by atoms with van der Waals surface area (Å²) in [6.07, 6.45) is 4.43. The number of fused-ring (bicyclic) bond motifs is 1. The second-order valence-electron chi connectivity index (χ2n) is 5.30. The molecule has 3 aliphatic rings. The molecule has 3 fully saturated rings. The van der Waals surface area contributed by atoms with Crippen molar-refractivity contribution in [2.75, 3.05) is 26.3 Å². The summed E-state index contributed by atoms with van der Waals surface area (Å²) < 4.78 is 5.38. The molecule has 2 saturated carbocycles. The molecule has 3 atom stereocenters. The van der Waals surface area contributed by atoms with Crippen LogP contribution in [0.1, 0.15) is 26.2 Å². The first kappa shape index (κ1) is 8.25. The molecular weight excluding hydrogens is 162 g/mol. The van der Waals surface area contributed by atoms with Crippen LogP contribution in [0.5, 0.6) is 0 Å². The van der Waals surface area contributed by atoms with Crippen LogP contribution in [-0.2, 0) is 4.74 Å². The summed E-state index contributed by atoms with van der Waals surface area (Å²) >= 11 is 0. The Labute approximate surface area is 80.2 Å². The minimum absolute atomic E-state index is 0.753. The number of morpholine rings is 1. The number of rotatable bonds is 1. The van der Waals surface area contributed by atoms with Gasteiger partial charge >= 0.3 is 0 Å². The van der Waals surface area contributed by atoms with Gasteiger partial charge in [-0.25, -0.2) is 0 Å². The Morgan fingerprint density at radius 2 is 2.00 bits per heavy atom. The second kappa shape index (κ2) is 2.71. The number of ether oxygens (including phenoxy) is 1. The van der Waals surface area contributed by atoms with E-state index in [1.165, 1.54) is 32.4 Å². The van der Waals surface area contributed by atoms with E-state index >= 15 is 0 Å². The largest absolute Gasteiger partial charge is 0.379 e. The summed E-state index contributed by atoms with van der Waals surface area (Å²) in [5, 5.41) is 0. The Kier molecular flexibility index (Phi) is 1.72.